The van der Waals surface area contributed by atoms with Crippen LogP contribution in [-0.2, 0) is 25.7 Å². The molecule has 7 nitrogen and oxygen atoms in total. The normalized spacial score (nSPS) is 33.5. The van der Waals surface area contributed by atoms with Crippen LogP contribution in [0.2, 0.25) is 0 Å². The van der Waals surface area contributed by atoms with Gasteiger partial charge in [-0.1, -0.05) is 67.5 Å². The fraction of sp³-hybridized carbons (Fsp3) is 0.567. The van der Waals surface area contributed by atoms with Crippen molar-refractivity contribution < 1.29 is 24.2 Å². The lowest BCUT2D eigenvalue weighted by Crippen LogP contribution is -2.53. The number of thioether (sulfide) groups is 1. The van der Waals surface area contributed by atoms with Gasteiger partial charge in [0.2, 0.25) is 11.8 Å². The van der Waals surface area contributed by atoms with Crippen LogP contribution in [0.15, 0.2) is 54.6 Å². The van der Waals surface area contributed by atoms with Crippen molar-refractivity contribution >= 4 is 29.5 Å². The van der Waals surface area contributed by atoms with Crippen molar-refractivity contribution in [2.24, 2.45) is 11.8 Å². The molecule has 4 heterocycles. The molecule has 4 aliphatic heterocycles. The molecule has 0 aromatic heterocycles. The topological polar surface area (TPSA) is 87.1 Å². The Kier molecular flexibility index (Phi) is 8.00. The number of hydrogen-bond acceptors (Lipinski definition) is 6. The number of amides is 2. The highest BCUT2D eigenvalue weighted by Crippen LogP contribution is 2.65. The van der Waals surface area contributed by atoms with Gasteiger partial charge in [-0.05, 0) is 38.2 Å². The molecule has 1 N–H and O–H groups in total. The summed E-state index contributed by atoms with van der Waals surface area (Å²) >= 11 is 1.60. The van der Waals surface area contributed by atoms with E-state index in [-0.39, 0.29) is 24.4 Å². The Morgan fingerprint density at radius 3 is 2.58 bits per heavy atom. The first-order valence-corrected chi connectivity index (χ1v) is 14.7. The third-order valence-electron chi connectivity index (χ3n) is 8.36. The minimum absolute atomic E-state index is 0.0648. The van der Waals surface area contributed by atoms with Crippen LogP contribution in [-0.4, -0.2) is 74.5 Å². The van der Waals surface area contributed by atoms with Gasteiger partial charge in [0.1, 0.15) is 6.04 Å². The summed E-state index contributed by atoms with van der Waals surface area (Å²) < 4.78 is 4.20. The Hall–Kier alpha value is -2.58. The van der Waals surface area contributed by atoms with Gasteiger partial charge < -0.3 is 19.6 Å². The van der Waals surface area contributed by atoms with Crippen LogP contribution < -0.4 is 0 Å². The number of nitrogens with zero attached hydrogens (tertiary/aromatic N) is 2. The van der Waals surface area contributed by atoms with Crippen molar-refractivity contribution in [3.8, 4) is 0 Å². The number of likely N-dealkylation sites (tertiary alicyclic amines) is 1. The molecule has 38 heavy (non-hydrogen) atoms. The average Bonchev–Trinajstić information content (AvgIpc) is 3.25. The van der Waals surface area contributed by atoms with Crippen LogP contribution in [0.25, 0.3) is 0 Å². The minimum Gasteiger partial charge on any atom is -0.465 e. The second-order valence-electron chi connectivity index (χ2n) is 11.0. The first-order chi connectivity index (χ1) is 18.4. The molecule has 204 valence electrons. The van der Waals surface area contributed by atoms with E-state index < -0.39 is 27.4 Å². The fourth-order valence-electron chi connectivity index (χ4n) is 6.61. The summed E-state index contributed by atoms with van der Waals surface area (Å²) in [4.78, 5) is 45.7. The summed E-state index contributed by atoms with van der Waals surface area (Å²) in [6.07, 6.45) is 13.0. The molecule has 2 fully saturated rings. The Morgan fingerprint density at radius 1 is 1.00 bits per heavy atom. The molecule has 0 aliphatic carbocycles. The summed E-state index contributed by atoms with van der Waals surface area (Å²) in [5.74, 6) is -1.84. The van der Waals surface area contributed by atoms with Crippen molar-refractivity contribution in [3.63, 3.8) is 0 Å². The number of cyclic esters (lactones) is 1. The SMILES string of the molecule is C[C@]12/C=C\CCCOC(=O)[C@H]1[C@H]1C(=O)N(CCCCCCO)C3C(=O)N(Cc4ccccc4)CC=C[C@@]31S2. The predicted molar refractivity (Wildman–Crippen MR) is 147 cm³/mol. The largest absolute Gasteiger partial charge is 0.465 e. The van der Waals surface area contributed by atoms with E-state index in [1.54, 1.807) is 16.7 Å². The third-order valence-corrected chi connectivity index (χ3v) is 10.2. The van der Waals surface area contributed by atoms with Crippen LogP contribution in [0.5, 0.6) is 0 Å². The summed E-state index contributed by atoms with van der Waals surface area (Å²) in [6.45, 7) is 3.90. The molecular weight excluding hydrogens is 500 g/mol. The van der Waals surface area contributed by atoms with E-state index in [2.05, 4.69) is 18.2 Å². The molecule has 5 rings (SSSR count). The van der Waals surface area contributed by atoms with E-state index in [4.69, 9.17) is 9.84 Å². The maximum atomic E-state index is 14.4. The molecule has 1 aromatic rings. The Morgan fingerprint density at radius 2 is 1.79 bits per heavy atom. The monoisotopic (exact) mass is 538 g/mol. The van der Waals surface area contributed by atoms with E-state index in [0.29, 0.717) is 26.2 Å². The number of ether oxygens (including phenoxy) is 1. The highest BCUT2D eigenvalue weighted by molar-refractivity contribution is 8.02. The number of allylic oxidation sites excluding steroid dienone is 1. The van der Waals surface area contributed by atoms with Crippen LogP contribution in [0.1, 0.15) is 51.0 Å². The van der Waals surface area contributed by atoms with E-state index in [1.807, 2.05) is 48.2 Å². The first kappa shape index (κ1) is 27.0. The number of fused-ring (bicyclic) bond motifs is 2. The molecule has 8 heteroatoms. The van der Waals surface area contributed by atoms with Gasteiger partial charge >= 0.3 is 5.97 Å². The molecule has 1 aromatic carbocycles. The number of benzene rings is 1. The quantitative estimate of drug-likeness (QED) is 0.309. The van der Waals surface area contributed by atoms with Gasteiger partial charge in [0.15, 0.2) is 0 Å². The zero-order chi connectivity index (χ0) is 26.8. The molecule has 1 unspecified atom stereocenters. The van der Waals surface area contributed by atoms with Gasteiger partial charge in [-0.3, -0.25) is 14.4 Å². The average molecular weight is 539 g/mol. The maximum absolute atomic E-state index is 14.4. The Bertz CT molecular complexity index is 1110. The van der Waals surface area contributed by atoms with Crippen LogP contribution in [0.4, 0.5) is 0 Å². The van der Waals surface area contributed by atoms with Gasteiger partial charge in [-0.2, -0.15) is 0 Å². The van der Waals surface area contributed by atoms with E-state index in [1.165, 1.54) is 0 Å². The maximum Gasteiger partial charge on any atom is 0.311 e. The molecular formula is C30H38N2O5S. The Balaban J connectivity index is 1.53. The molecule has 1 spiro atoms. The summed E-state index contributed by atoms with van der Waals surface area (Å²) in [5, 5.41) is 9.15. The molecule has 2 saturated heterocycles. The molecule has 5 atom stereocenters. The second-order valence-corrected chi connectivity index (χ2v) is 12.8. The van der Waals surface area contributed by atoms with Gasteiger partial charge in [0, 0.05) is 31.0 Å². The molecule has 0 saturated carbocycles. The highest BCUT2D eigenvalue weighted by Gasteiger charge is 2.73. The predicted octanol–water partition coefficient (Wildman–Crippen LogP) is 3.72. The first-order valence-electron chi connectivity index (χ1n) is 13.9. The van der Waals surface area contributed by atoms with Crippen LogP contribution in [0.3, 0.4) is 0 Å². The number of aliphatic hydroxyl groups excluding tert-OH is 1. The van der Waals surface area contributed by atoms with Crippen molar-refractivity contribution in [1.82, 2.24) is 9.80 Å². The van der Waals surface area contributed by atoms with Crippen molar-refractivity contribution in [3.05, 3.63) is 60.2 Å². The zero-order valence-electron chi connectivity index (χ0n) is 22.1. The molecule has 0 radical (unpaired) electrons. The van der Waals surface area contributed by atoms with E-state index in [9.17, 15) is 14.4 Å². The summed E-state index contributed by atoms with van der Waals surface area (Å²) in [5.41, 5.74) is 1.04. The molecule has 4 aliphatic rings. The van der Waals surface area contributed by atoms with Crippen molar-refractivity contribution in [1.29, 1.82) is 0 Å². The number of carbonyl (C=O) groups is 3. The smallest absolute Gasteiger partial charge is 0.311 e. The van der Waals surface area contributed by atoms with Crippen molar-refractivity contribution in [2.45, 2.75) is 67.5 Å². The lowest BCUT2D eigenvalue weighted by atomic mass is 9.74. The number of unbranched alkanes of at least 4 members (excludes halogenated alkanes) is 3. The van der Waals surface area contributed by atoms with Crippen LogP contribution in [0, 0.1) is 11.8 Å². The Labute approximate surface area is 229 Å². The summed E-state index contributed by atoms with van der Waals surface area (Å²) in [6, 6.07) is 9.23. The van der Waals surface area contributed by atoms with Crippen molar-refractivity contribution in [2.75, 3.05) is 26.3 Å². The fourth-order valence-corrected chi connectivity index (χ4v) is 8.77. The minimum atomic E-state index is -0.841. The number of esters is 1. The van der Waals surface area contributed by atoms with Crippen LogP contribution >= 0.6 is 11.8 Å². The number of rotatable bonds is 8. The van der Waals surface area contributed by atoms with Gasteiger partial charge in [0.25, 0.3) is 0 Å². The van der Waals surface area contributed by atoms with Gasteiger partial charge in [0.05, 0.1) is 23.2 Å². The number of carbonyl (C=O) groups excluding carboxylic acids is 3. The standard InChI is InChI=1S/C30H38N2O5S/c1-29-15-8-5-11-20-37-28(36)24(29)23-26(34)32(18-9-2-3-10-19-33)25-27(35)31(17-12-16-30(23,25)38-29)21-22-13-6-4-7-14-22/h4,6-8,12-16,23-25,33H,2-3,5,9-11,17-21H2,1H3/b15-8-/t23-,24+,25?,29-,30-/m0/s1. The summed E-state index contributed by atoms with van der Waals surface area (Å²) in [7, 11) is 0. The zero-order valence-corrected chi connectivity index (χ0v) is 22.9. The molecule has 2 amide bonds. The lowest BCUT2D eigenvalue weighted by Gasteiger charge is -2.37. The van der Waals surface area contributed by atoms with E-state index >= 15 is 0 Å². The number of hydrogen-bond donors (Lipinski definition) is 1. The highest BCUT2D eigenvalue weighted by atomic mass is 32.2. The lowest BCUT2D eigenvalue weighted by molar-refractivity contribution is -0.154. The van der Waals surface area contributed by atoms with Gasteiger partial charge in [-0.15, -0.1) is 11.8 Å². The third kappa shape index (κ3) is 4.81. The van der Waals surface area contributed by atoms with E-state index in [0.717, 1.165) is 44.1 Å². The molecule has 0 bridgehead atoms. The second kappa shape index (κ2) is 11.3. The number of aliphatic hydroxyl groups is 1. The van der Waals surface area contributed by atoms with Gasteiger partial charge in [-0.25, -0.2) is 0 Å².